The first-order valence-corrected chi connectivity index (χ1v) is 9.42. The fourth-order valence-electron chi connectivity index (χ4n) is 2.65. The van der Waals surface area contributed by atoms with Gasteiger partial charge in [-0.1, -0.05) is 65.0 Å². The van der Waals surface area contributed by atoms with E-state index in [1.807, 2.05) is 0 Å². The van der Waals surface area contributed by atoms with E-state index in [-0.39, 0.29) is 11.8 Å². The zero-order valence-corrected chi connectivity index (χ0v) is 15.5. The molecule has 1 unspecified atom stereocenters. The van der Waals surface area contributed by atoms with Gasteiger partial charge in [0.1, 0.15) is 0 Å². The number of carbonyl (C=O) groups is 2. The normalized spacial score (nSPS) is 12.0. The highest BCUT2D eigenvalue weighted by Gasteiger charge is 2.13. The molecule has 0 saturated heterocycles. The molecule has 0 radical (unpaired) electrons. The number of hydrogen-bond donors (Lipinski definition) is 0. The van der Waals surface area contributed by atoms with Crippen LogP contribution in [0.15, 0.2) is 24.3 Å². The van der Waals surface area contributed by atoms with Crippen LogP contribution in [0.1, 0.15) is 92.9 Å². The number of benzene rings is 1. The summed E-state index contributed by atoms with van der Waals surface area (Å²) in [5.41, 5.74) is 1.20. The Labute approximate surface area is 146 Å². The molecule has 0 amide bonds. The standard InChI is InChI=1S/C21H32O3/c1-4-7-9-11-20(22)18-12-14-19(15-13-18)21(23)24-16-17(6-3)10-8-5-2/h12-15,17H,4-11,16H2,1-3H3. The van der Waals surface area contributed by atoms with Gasteiger partial charge in [-0.2, -0.15) is 0 Å². The van der Waals surface area contributed by atoms with E-state index in [1.165, 1.54) is 6.42 Å². The zero-order chi connectivity index (χ0) is 17.8. The number of unbranched alkanes of at least 4 members (excludes halogenated alkanes) is 3. The van der Waals surface area contributed by atoms with Crippen molar-refractivity contribution in [2.45, 2.75) is 72.1 Å². The van der Waals surface area contributed by atoms with Gasteiger partial charge in [0, 0.05) is 12.0 Å². The molecule has 0 aliphatic carbocycles. The van der Waals surface area contributed by atoms with Crippen molar-refractivity contribution in [3.8, 4) is 0 Å². The topological polar surface area (TPSA) is 43.4 Å². The summed E-state index contributed by atoms with van der Waals surface area (Å²) in [7, 11) is 0. The van der Waals surface area contributed by atoms with Crippen molar-refractivity contribution in [1.29, 1.82) is 0 Å². The SMILES string of the molecule is CCCCCC(=O)c1ccc(C(=O)OCC(CC)CCCC)cc1. The van der Waals surface area contributed by atoms with E-state index >= 15 is 0 Å². The molecule has 1 atom stereocenters. The molecule has 1 aromatic rings. The minimum Gasteiger partial charge on any atom is -0.462 e. The highest BCUT2D eigenvalue weighted by molar-refractivity contribution is 5.97. The lowest BCUT2D eigenvalue weighted by molar-refractivity contribution is 0.0428. The van der Waals surface area contributed by atoms with E-state index in [0.29, 0.717) is 30.1 Å². The van der Waals surface area contributed by atoms with Crippen LogP contribution in [0.2, 0.25) is 0 Å². The van der Waals surface area contributed by atoms with Crippen LogP contribution in [-0.4, -0.2) is 18.4 Å². The second-order valence-corrected chi connectivity index (χ2v) is 6.47. The maximum Gasteiger partial charge on any atom is 0.338 e. The van der Waals surface area contributed by atoms with Crippen LogP contribution in [-0.2, 0) is 4.74 Å². The monoisotopic (exact) mass is 332 g/mol. The van der Waals surface area contributed by atoms with Gasteiger partial charge in [0.2, 0.25) is 0 Å². The van der Waals surface area contributed by atoms with E-state index < -0.39 is 0 Å². The van der Waals surface area contributed by atoms with Gasteiger partial charge in [0.05, 0.1) is 12.2 Å². The highest BCUT2D eigenvalue weighted by atomic mass is 16.5. The van der Waals surface area contributed by atoms with Crippen molar-refractivity contribution in [3.63, 3.8) is 0 Å². The van der Waals surface area contributed by atoms with E-state index in [1.54, 1.807) is 24.3 Å². The molecule has 1 rings (SSSR count). The van der Waals surface area contributed by atoms with Crippen molar-refractivity contribution in [2.24, 2.45) is 5.92 Å². The Balaban J connectivity index is 2.49. The quantitative estimate of drug-likeness (QED) is 0.275. The molecule has 24 heavy (non-hydrogen) atoms. The Hall–Kier alpha value is -1.64. The minimum absolute atomic E-state index is 0.147. The lowest BCUT2D eigenvalue weighted by Crippen LogP contribution is -2.14. The first-order chi connectivity index (χ1) is 11.6. The summed E-state index contributed by atoms with van der Waals surface area (Å²) in [6, 6.07) is 6.86. The van der Waals surface area contributed by atoms with Gasteiger partial charge in [-0.05, 0) is 30.9 Å². The van der Waals surface area contributed by atoms with Crippen LogP contribution in [0.5, 0.6) is 0 Å². The van der Waals surface area contributed by atoms with Crippen LogP contribution < -0.4 is 0 Å². The van der Waals surface area contributed by atoms with E-state index in [4.69, 9.17) is 4.74 Å². The second kappa shape index (κ2) is 11.8. The zero-order valence-electron chi connectivity index (χ0n) is 15.5. The molecular weight excluding hydrogens is 300 g/mol. The van der Waals surface area contributed by atoms with Crippen LogP contribution in [0.4, 0.5) is 0 Å². The van der Waals surface area contributed by atoms with Crippen LogP contribution in [0.25, 0.3) is 0 Å². The predicted octanol–water partition coefficient (Wildman–Crippen LogP) is 5.82. The highest BCUT2D eigenvalue weighted by Crippen LogP contribution is 2.15. The molecule has 0 spiro atoms. The fourth-order valence-corrected chi connectivity index (χ4v) is 2.65. The molecule has 0 heterocycles. The Bertz CT molecular complexity index is 490. The van der Waals surface area contributed by atoms with Crippen molar-refractivity contribution < 1.29 is 14.3 Å². The molecule has 0 aliphatic heterocycles. The summed E-state index contributed by atoms with van der Waals surface area (Å²) in [4.78, 5) is 24.2. The third kappa shape index (κ3) is 7.29. The molecule has 3 heteroatoms. The maximum absolute atomic E-state index is 12.1. The summed E-state index contributed by atoms with van der Waals surface area (Å²) in [5.74, 6) is 0.289. The molecule has 0 aromatic heterocycles. The summed E-state index contributed by atoms with van der Waals surface area (Å²) < 4.78 is 5.43. The van der Waals surface area contributed by atoms with Crippen LogP contribution >= 0.6 is 0 Å². The fraction of sp³-hybridized carbons (Fsp3) is 0.619. The first kappa shape index (κ1) is 20.4. The van der Waals surface area contributed by atoms with Gasteiger partial charge in [-0.15, -0.1) is 0 Å². The number of rotatable bonds is 12. The van der Waals surface area contributed by atoms with Gasteiger partial charge in [0.15, 0.2) is 5.78 Å². The van der Waals surface area contributed by atoms with Crippen LogP contribution in [0.3, 0.4) is 0 Å². The van der Waals surface area contributed by atoms with E-state index in [2.05, 4.69) is 20.8 Å². The van der Waals surface area contributed by atoms with Crippen molar-refractivity contribution in [1.82, 2.24) is 0 Å². The lowest BCUT2D eigenvalue weighted by Gasteiger charge is -2.14. The number of ether oxygens (including phenoxy) is 1. The predicted molar refractivity (Wildman–Crippen MR) is 98.5 cm³/mol. The van der Waals surface area contributed by atoms with E-state index in [0.717, 1.165) is 38.5 Å². The summed E-state index contributed by atoms with van der Waals surface area (Å²) >= 11 is 0. The third-order valence-electron chi connectivity index (χ3n) is 4.44. The van der Waals surface area contributed by atoms with Gasteiger partial charge >= 0.3 is 5.97 Å². The molecule has 3 nitrogen and oxygen atoms in total. The molecular formula is C21H32O3. The number of ketones is 1. The number of carbonyl (C=O) groups excluding carboxylic acids is 2. The van der Waals surface area contributed by atoms with Gasteiger partial charge in [0.25, 0.3) is 0 Å². The van der Waals surface area contributed by atoms with Gasteiger partial charge < -0.3 is 4.74 Å². The summed E-state index contributed by atoms with van der Waals surface area (Å²) in [6.07, 6.45) is 8.15. The molecule has 1 aromatic carbocycles. The number of Topliss-reactive ketones (excluding diaryl/α,β-unsaturated/α-hetero) is 1. The minimum atomic E-state index is -0.296. The average molecular weight is 332 g/mol. The second-order valence-electron chi connectivity index (χ2n) is 6.47. The van der Waals surface area contributed by atoms with Crippen molar-refractivity contribution in [3.05, 3.63) is 35.4 Å². The maximum atomic E-state index is 12.1. The molecule has 134 valence electrons. The smallest absolute Gasteiger partial charge is 0.338 e. The molecule has 0 aliphatic rings. The molecule has 0 N–H and O–H groups in total. The number of esters is 1. The van der Waals surface area contributed by atoms with E-state index in [9.17, 15) is 9.59 Å². The number of hydrogen-bond acceptors (Lipinski definition) is 3. The molecule has 0 bridgehead atoms. The average Bonchev–Trinajstić information content (AvgIpc) is 2.62. The van der Waals surface area contributed by atoms with Crippen LogP contribution in [0, 0.1) is 5.92 Å². The Morgan fingerprint density at radius 1 is 0.917 bits per heavy atom. The largest absolute Gasteiger partial charge is 0.462 e. The summed E-state index contributed by atoms with van der Waals surface area (Å²) in [6.45, 7) is 6.90. The van der Waals surface area contributed by atoms with Crippen molar-refractivity contribution >= 4 is 11.8 Å². The molecule has 0 fully saturated rings. The third-order valence-corrected chi connectivity index (χ3v) is 4.44. The molecule has 0 saturated carbocycles. The van der Waals surface area contributed by atoms with Crippen molar-refractivity contribution in [2.75, 3.05) is 6.61 Å². The Kier molecular flexibility index (Phi) is 10.1. The van der Waals surface area contributed by atoms with Gasteiger partial charge in [-0.3, -0.25) is 4.79 Å². The Morgan fingerprint density at radius 3 is 2.12 bits per heavy atom. The summed E-state index contributed by atoms with van der Waals surface area (Å²) in [5, 5.41) is 0. The first-order valence-electron chi connectivity index (χ1n) is 9.42. The lowest BCUT2D eigenvalue weighted by atomic mass is 10.0. The van der Waals surface area contributed by atoms with Gasteiger partial charge in [-0.25, -0.2) is 4.79 Å². The Morgan fingerprint density at radius 2 is 1.54 bits per heavy atom.